The summed E-state index contributed by atoms with van der Waals surface area (Å²) in [5.74, 6) is 5.76. The molecule has 0 aromatic heterocycles. The summed E-state index contributed by atoms with van der Waals surface area (Å²) < 4.78 is 0. The van der Waals surface area contributed by atoms with Crippen LogP contribution in [-0.2, 0) is 0 Å². The quantitative estimate of drug-likeness (QED) is 0.318. The Morgan fingerprint density at radius 1 is 1.47 bits per heavy atom. The number of terminal acetylenes is 1. The number of rotatable bonds is 5. The molecule has 0 aliphatic carbocycles. The van der Waals surface area contributed by atoms with Crippen molar-refractivity contribution in [1.29, 1.82) is 0 Å². The van der Waals surface area contributed by atoms with E-state index >= 15 is 0 Å². The molecule has 1 aliphatic rings. The maximum atomic E-state index is 5.26. The topological polar surface area (TPSA) is 39.7 Å². The summed E-state index contributed by atoms with van der Waals surface area (Å²) in [6.45, 7) is 4.22. The van der Waals surface area contributed by atoms with Crippen LogP contribution in [0.2, 0.25) is 0 Å². The zero-order valence-corrected chi connectivity index (χ0v) is 15.2. The maximum absolute atomic E-state index is 5.26. The van der Waals surface area contributed by atoms with Crippen molar-refractivity contribution >= 4 is 41.7 Å². The van der Waals surface area contributed by atoms with Gasteiger partial charge in [-0.05, 0) is 33.2 Å². The molecule has 2 N–H and O–H groups in total. The average molecular weight is 396 g/mol. The first-order chi connectivity index (χ1) is 8.64. The van der Waals surface area contributed by atoms with Crippen LogP contribution in [0.4, 0.5) is 0 Å². The van der Waals surface area contributed by atoms with Gasteiger partial charge in [0.1, 0.15) is 0 Å². The molecular formula is C13H25IN4S. The van der Waals surface area contributed by atoms with Crippen molar-refractivity contribution in [1.82, 2.24) is 15.5 Å². The van der Waals surface area contributed by atoms with E-state index < -0.39 is 0 Å². The molecule has 1 fully saturated rings. The highest BCUT2D eigenvalue weighted by Gasteiger charge is 2.36. The van der Waals surface area contributed by atoms with Gasteiger partial charge >= 0.3 is 0 Å². The minimum atomic E-state index is 0. The van der Waals surface area contributed by atoms with Gasteiger partial charge in [0.15, 0.2) is 5.96 Å². The van der Waals surface area contributed by atoms with Gasteiger partial charge in [0, 0.05) is 17.8 Å². The number of hydrogen-bond acceptors (Lipinski definition) is 3. The lowest BCUT2D eigenvalue weighted by atomic mass is 9.98. The third-order valence-electron chi connectivity index (χ3n) is 3.26. The van der Waals surface area contributed by atoms with Crippen molar-refractivity contribution in [2.45, 2.75) is 18.9 Å². The Balaban J connectivity index is 0.00000324. The summed E-state index contributed by atoms with van der Waals surface area (Å²) in [6, 6.07) is 0. The van der Waals surface area contributed by atoms with Gasteiger partial charge in [-0.15, -0.1) is 30.4 Å². The molecule has 0 amide bonds. The lowest BCUT2D eigenvalue weighted by molar-refractivity contribution is 0.190. The second-order valence-corrected chi connectivity index (χ2v) is 5.78. The largest absolute Gasteiger partial charge is 0.357 e. The highest BCUT2D eigenvalue weighted by atomic mass is 127. The first-order valence-corrected chi connectivity index (χ1v) is 7.51. The van der Waals surface area contributed by atoms with E-state index in [1.165, 1.54) is 12.2 Å². The van der Waals surface area contributed by atoms with E-state index in [9.17, 15) is 0 Å². The minimum absolute atomic E-state index is 0. The van der Waals surface area contributed by atoms with Crippen LogP contribution in [-0.4, -0.2) is 61.6 Å². The van der Waals surface area contributed by atoms with Gasteiger partial charge in [-0.1, -0.05) is 5.92 Å². The van der Waals surface area contributed by atoms with E-state index in [-0.39, 0.29) is 29.5 Å². The van der Waals surface area contributed by atoms with Crippen LogP contribution in [0.15, 0.2) is 4.99 Å². The molecule has 4 nitrogen and oxygen atoms in total. The Hall–Kier alpha value is -0.130. The Labute approximate surface area is 138 Å². The fourth-order valence-electron chi connectivity index (χ4n) is 1.92. The monoisotopic (exact) mass is 396 g/mol. The molecule has 6 heteroatoms. The SMILES string of the molecule is C#CCNC(=NCC1(N(C)C)CCSC1)NCC.I. The number of nitrogens with one attached hydrogen (secondary N) is 2. The van der Waals surface area contributed by atoms with Gasteiger partial charge < -0.3 is 15.5 Å². The van der Waals surface area contributed by atoms with Crippen LogP contribution in [0.5, 0.6) is 0 Å². The van der Waals surface area contributed by atoms with E-state index in [4.69, 9.17) is 6.42 Å². The summed E-state index contributed by atoms with van der Waals surface area (Å²) in [6.07, 6.45) is 6.46. The van der Waals surface area contributed by atoms with Crippen LogP contribution in [0.3, 0.4) is 0 Å². The summed E-state index contributed by atoms with van der Waals surface area (Å²) in [5, 5.41) is 6.34. The fraction of sp³-hybridized carbons (Fsp3) is 0.769. The van der Waals surface area contributed by atoms with E-state index in [0.717, 1.165) is 24.8 Å². The molecule has 0 saturated carbocycles. The van der Waals surface area contributed by atoms with Gasteiger partial charge in [-0.2, -0.15) is 11.8 Å². The molecule has 0 aromatic rings. The van der Waals surface area contributed by atoms with Crippen LogP contribution < -0.4 is 10.6 Å². The van der Waals surface area contributed by atoms with E-state index in [2.05, 4.69) is 47.5 Å². The van der Waals surface area contributed by atoms with Crippen molar-refractivity contribution in [2.75, 3.05) is 45.2 Å². The standard InChI is InChI=1S/C13H24N4S.HI/c1-5-8-15-12(14-6-2)16-10-13(17(3)4)7-9-18-11-13;/h1H,6-11H2,2-4H3,(H2,14,15,16);1H. The van der Waals surface area contributed by atoms with Gasteiger partial charge in [0.2, 0.25) is 0 Å². The van der Waals surface area contributed by atoms with Crippen LogP contribution >= 0.6 is 35.7 Å². The van der Waals surface area contributed by atoms with E-state index in [1.807, 2.05) is 11.8 Å². The summed E-state index contributed by atoms with van der Waals surface area (Å²) in [4.78, 5) is 6.98. The third-order valence-corrected chi connectivity index (χ3v) is 4.50. The van der Waals surface area contributed by atoms with Gasteiger partial charge in [0.25, 0.3) is 0 Å². The number of nitrogens with zero attached hydrogens (tertiary/aromatic N) is 2. The van der Waals surface area contributed by atoms with E-state index in [0.29, 0.717) is 6.54 Å². The second-order valence-electron chi connectivity index (χ2n) is 4.67. The Bertz CT molecular complexity index is 319. The number of halogens is 1. The highest BCUT2D eigenvalue weighted by molar-refractivity contribution is 14.0. The normalized spacial score (nSPS) is 22.8. The zero-order chi connectivity index (χ0) is 13.4. The lowest BCUT2D eigenvalue weighted by Crippen LogP contribution is -2.48. The second kappa shape index (κ2) is 9.72. The molecule has 1 atom stereocenters. The lowest BCUT2D eigenvalue weighted by Gasteiger charge is -2.34. The molecule has 1 rings (SSSR count). The van der Waals surface area contributed by atoms with Gasteiger partial charge in [-0.25, -0.2) is 0 Å². The number of guanidine groups is 1. The number of aliphatic imine (C=N–C) groups is 1. The average Bonchev–Trinajstić information content (AvgIpc) is 2.83. The zero-order valence-electron chi connectivity index (χ0n) is 12.0. The highest BCUT2D eigenvalue weighted by Crippen LogP contribution is 2.32. The molecule has 110 valence electrons. The molecule has 0 spiro atoms. The molecule has 1 aliphatic heterocycles. The number of thioether (sulfide) groups is 1. The van der Waals surface area contributed by atoms with Crippen molar-refractivity contribution in [3.05, 3.63) is 0 Å². The summed E-state index contributed by atoms with van der Waals surface area (Å²) in [7, 11) is 4.28. The van der Waals surface area contributed by atoms with E-state index in [1.54, 1.807) is 0 Å². The minimum Gasteiger partial charge on any atom is -0.357 e. The molecule has 19 heavy (non-hydrogen) atoms. The third kappa shape index (κ3) is 5.79. The Morgan fingerprint density at radius 3 is 2.68 bits per heavy atom. The first-order valence-electron chi connectivity index (χ1n) is 6.35. The van der Waals surface area contributed by atoms with Crippen molar-refractivity contribution in [2.24, 2.45) is 4.99 Å². The van der Waals surface area contributed by atoms with Crippen molar-refractivity contribution in [3.8, 4) is 12.3 Å². The number of hydrogen-bond donors (Lipinski definition) is 2. The van der Waals surface area contributed by atoms with Crippen molar-refractivity contribution < 1.29 is 0 Å². The molecule has 0 radical (unpaired) electrons. The van der Waals surface area contributed by atoms with Crippen molar-refractivity contribution in [3.63, 3.8) is 0 Å². The predicted molar refractivity (Wildman–Crippen MR) is 96.6 cm³/mol. The molecule has 1 unspecified atom stereocenters. The Kier molecular flexibility index (Phi) is 9.66. The predicted octanol–water partition coefficient (Wildman–Crippen LogP) is 1.23. The first kappa shape index (κ1) is 18.9. The smallest absolute Gasteiger partial charge is 0.192 e. The number of likely N-dealkylation sites (N-methyl/N-ethyl adjacent to an activating group) is 1. The molecular weight excluding hydrogens is 371 g/mol. The summed E-state index contributed by atoms with van der Waals surface area (Å²) >= 11 is 2.01. The molecule has 1 heterocycles. The fourth-order valence-corrected chi connectivity index (χ4v) is 3.46. The maximum Gasteiger partial charge on any atom is 0.192 e. The van der Waals surface area contributed by atoms with Crippen LogP contribution in [0.25, 0.3) is 0 Å². The molecule has 0 aromatic carbocycles. The van der Waals surface area contributed by atoms with Crippen LogP contribution in [0.1, 0.15) is 13.3 Å². The van der Waals surface area contributed by atoms with Gasteiger partial charge in [-0.3, -0.25) is 4.99 Å². The molecule has 1 saturated heterocycles. The Morgan fingerprint density at radius 2 is 2.21 bits per heavy atom. The van der Waals surface area contributed by atoms with Gasteiger partial charge in [0.05, 0.1) is 13.1 Å². The molecule has 0 bridgehead atoms. The summed E-state index contributed by atoms with van der Waals surface area (Å²) in [5.41, 5.74) is 0.198. The van der Waals surface area contributed by atoms with Crippen LogP contribution in [0, 0.1) is 12.3 Å².